The number of hydrogen-bond acceptors (Lipinski definition) is 6. The minimum absolute atomic E-state index is 0.280. The summed E-state index contributed by atoms with van der Waals surface area (Å²) < 4.78 is 11.7. The zero-order chi connectivity index (χ0) is 20.1. The van der Waals surface area contributed by atoms with E-state index in [9.17, 15) is 9.59 Å². The van der Waals surface area contributed by atoms with Gasteiger partial charge in [-0.2, -0.15) is 5.10 Å². The van der Waals surface area contributed by atoms with Crippen LogP contribution in [0, 0.1) is 0 Å². The number of methoxy groups -OCH3 is 2. The van der Waals surface area contributed by atoms with E-state index in [0.29, 0.717) is 22.4 Å². The van der Waals surface area contributed by atoms with E-state index in [0.717, 1.165) is 5.56 Å². The summed E-state index contributed by atoms with van der Waals surface area (Å²) in [5.41, 5.74) is 3.46. The Kier molecular flexibility index (Phi) is 5.69. The quantitative estimate of drug-likeness (QED) is 0.522. The Bertz CT molecular complexity index is 1090. The molecule has 0 saturated heterocycles. The van der Waals surface area contributed by atoms with Crippen molar-refractivity contribution in [3.63, 3.8) is 0 Å². The monoisotopic (exact) mass is 380 g/mol. The summed E-state index contributed by atoms with van der Waals surface area (Å²) >= 11 is 0. The topological polar surface area (TPSA) is 94.8 Å². The number of amides is 1. The van der Waals surface area contributed by atoms with Gasteiger partial charge in [-0.15, -0.1) is 0 Å². The Morgan fingerprint density at radius 1 is 1.18 bits per heavy atom. The fraction of sp³-hybridized carbons (Fsp3) is 0.200. The van der Waals surface area contributed by atoms with Gasteiger partial charge in [0.05, 0.1) is 37.7 Å². The van der Waals surface area contributed by atoms with Gasteiger partial charge in [0.15, 0.2) is 11.5 Å². The van der Waals surface area contributed by atoms with E-state index >= 15 is 0 Å². The van der Waals surface area contributed by atoms with Crippen molar-refractivity contribution >= 4 is 23.0 Å². The van der Waals surface area contributed by atoms with Gasteiger partial charge in [0, 0.05) is 0 Å². The Morgan fingerprint density at radius 2 is 1.93 bits per heavy atom. The third kappa shape index (κ3) is 3.85. The Balaban J connectivity index is 1.74. The molecule has 8 nitrogen and oxygen atoms in total. The highest BCUT2D eigenvalue weighted by Crippen LogP contribution is 2.26. The van der Waals surface area contributed by atoms with Crippen LogP contribution in [0.2, 0.25) is 0 Å². The molecule has 3 aromatic rings. The van der Waals surface area contributed by atoms with E-state index in [1.807, 2.05) is 0 Å². The number of hydrogen-bond donors (Lipinski definition) is 1. The molecule has 0 saturated carbocycles. The van der Waals surface area contributed by atoms with Gasteiger partial charge in [0.25, 0.3) is 11.5 Å². The average molecular weight is 380 g/mol. The molecular weight excluding hydrogens is 360 g/mol. The number of aromatic nitrogens is 2. The maximum atomic E-state index is 12.6. The van der Waals surface area contributed by atoms with Crippen molar-refractivity contribution in [2.45, 2.75) is 13.0 Å². The number of nitrogens with zero attached hydrogens (tertiary/aromatic N) is 3. The third-order valence-corrected chi connectivity index (χ3v) is 4.28. The highest BCUT2D eigenvalue weighted by atomic mass is 16.5. The van der Waals surface area contributed by atoms with Crippen molar-refractivity contribution in [3.05, 3.63) is 64.7 Å². The second kappa shape index (κ2) is 8.34. The summed E-state index contributed by atoms with van der Waals surface area (Å²) in [6, 6.07) is 11.5. The van der Waals surface area contributed by atoms with Crippen molar-refractivity contribution < 1.29 is 14.3 Å². The Labute approximate surface area is 161 Å². The number of fused-ring (bicyclic) bond motifs is 1. The van der Waals surface area contributed by atoms with Gasteiger partial charge in [0.2, 0.25) is 0 Å². The van der Waals surface area contributed by atoms with Gasteiger partial charge in [-0.05, 0) is 42.8 Å². The van der Waals surface area contributed by atoms with Crippen LogP contribution in [0.4, 0.5) is 0 Å². The SMILES string of the molecule is COc1ccc(/C=N/NC(=O)[C@H](C)n2cnc3ccccc3c2=O)cc1OC. The molecule has 0 radical (unpaired) electrons. The first-order valence-electron chi connectivity index (χ1n) is 8.56. The molecule has 1 N–H and O–H groups in total. The number of ether oxygens (including phenoxy) is 2. The predicted octanol–water partition coefficient (Wildman–Crippen LogP) is 2.12. The fourth-order valence-electron chi connectivity index (χ4n) is 2.68. The average Bonchev–Trinajstić information content (AvgIpc) is 2.73. The molecule has 0 bridgehead atoms. The van der Waals surface area contributed by atoms with Crippen LogP contribution in [0.25, 0.3) is 10.9 Å². The lowest BCUT2D eigenvalue weighted by molar-refractivity contribution is -0.123. The molecule has 0 aliphatic rings. The van der Waals surface area contributed by atoms with E-state index in [1.54, 1.807) is 56.5 Å². The van der Waals surface area contributed by atoms with Gasteiger partial charge >= 0.3 is 0 Å². The highest BCUT2D eigenvalue weighted by Gasteiger charge is 2.17. The van der Waals surface area contributed by atoms with Crippen LogP contribution in [0.5, 0.6) is 11.5 Å². The summed E-state index contributed by atoms with van der Waals surface area (Å²) in [5.74, 6) is 0.719. The van der Waals surface area contributed by atoms with E-state index < -0.39 is 11.9 Å². The van der Waals surface area contributed by atoms with Crippen LogP contribution in [0.15, 0.2) is 58.7 Å². The van der Waals surface area contributed by atoms with Crippen LogP contribution in [-0.2, 0) is 4.79 Å². The molecule has 1 amide bonds. The standard InChI is InChI=1S/C20H20N4O4/c1-13(24-12-21-16-7-5-4-6-15(16)20(24)26)19(25)23-22-11-14-8-9-17(27-2)18(10-14)28-3/h4-13H,1-3H3,(H,23,25)/b22-11+/t13-/m0/s1. The maximum Gasteiger partial charge on any atom is 0.262 e. The molecule has 2 aromatic carbocycles. The molecular formula is C20H20N4O4. The minimum atomic E-state index is -0.771. The van der Waals surface area contributed by atoms with E-state index in [4.69, 9.17) is 9.47 Å². The number of para-hydroxylation sites is 1. The molecule has 8 heteroatoms. The van der Waals surface area contributed by atoms with Crippen molar-refractivity contribution in [1.82, 2.24) is 15.0 Å². The number of hydrazone groups is 1. The molecule has 0 spiro atoms. The zero-order valence-electron chi connectivity index (χ0n) is 15.7. The maximum absolute atomic E-state index is 12.6. The molecule has 144 valence electrons. The number of benzene rings is 2. The van der Waals surface area contributed by atoms with Crippen molar-refractivity contribution in [2.75, 3.05) is 14.2 Å². The van der Waals surface area contributed by atoms with Gasteiger partial charge in [-0.1, -0.05) is 12.1 Å². The summed E-state index contributed by atoms with van der Waals surface area (Å²) in [4.78, 5) is 29.2. The first kappa shape index (κ1) is 19.1. The smallest absolute Gasteiger partial charge is 0.262 e. The van der Waals surface area contributed by atoms with Gasteiger partial charge < -0.3 is 9.47 Å². The molecule has 3 rings (SSSR count). The molecule has 0 aliphatic carbocycles. The van der Waals surface area contributed by atoms with Crippen LogP contribution in [0.3, 0.4) is 0 Å². The van der Waals surface area contributed by atoms with Gasteiger partial charge in [-0.25, -0.2) is 10.4 Å². The van der Waals surface area contributed by atoms with Crippen molar-refractivity contribution in [1.29, 1.82) is 0 Å². The normalized spacial score (nSPS) is 12.1. The molecule has 1 heterocycles. The van der Waals surface area contributed by atoms with E-state index in [2.05, 4.69) is 15.5 Å². The number of carbonyl (C=O) groups is 1. The lowest BCUT2D eigenvalue weighted by Crippen LogP contribution is -2.33. The summed E-state index contributed by atoms with van der Waals surface area (Å²) in [6.07, 6.45) is 2.85. The summed E-state index contributed by atoms with van der Waals surface area (Å²) in [5, 5.41) is 4.41. The largest absolute Gasteiger partial charge is 0.493 e. The molecule has 0 unspecified atom stereocenters. The molecule has 1 atom stereocenters. The third-order valence-electron chi connectivity index (χ3n) is 4.28. The zero-order valence-corrected chi connectivity index (χ0v) is 15.7. The van der Waals surface area contributed by atoms with Crippen molar-refractivity contribution in [2.24, 2.45) is 5.10 Å². The van der Waals surface area contributed by atoms with Crippen LogP contribution in [0.1, 0.15) is 18.5 Å². The summed E-state index contributed by atoms with van der Waals surface area (Å²) in [6.45, 7) is 1.61. The van der Waals surface area contributed by atoms with Crippen LogP contribution >= 0.6 is 0 Å². The molecule has 28 heavy (non-hydrogen) atoms. The number of nitrogens with one attached hydrogen (secondary N) is 1. The van der Waals surface area contributed by atoms with Gasteiger partial charge in [0.1, 0.15) is 6.04 Å². The van der Waals surface area contributed by atoms with Crippen LogP contribution in [-0.4, -0.2) is 35.9 Å². The molecule has 0 aliphatic heterocycles. The molecule has 0 fully saturated rings. The first-order valence-corrected chi connectivity index (χ1v) is 8.56. The van der Waals surface area contributed by atoms with Gasteiger partial charge in [-0.3, -0.25) is 14.2 Å². The first-order chi connectivity index (χ1) is 13.5. The van der Waals surface area contributed by atoms with E-state index in [1.165, 1.54) is 24.2 Å². The fourth-order valence-corrected chi connectivity index (χ4v) is 2.68. The second-order valence-corrected chi connectivity index (χ2v) is 6.00. The second-order valence-electron chi connectivity index (χ2n) is 6.00. The van der Waals surface area contributed by atoms with E-state index in [-0.39, 0.29) is 5.56 Å². The number of rotatable bonds is 6. The van der Waals surface area contributed by atoms with Crippen molar-refractivity contribution in [3.8, 4) is 11.5 Å². The Hall–Kier alpha value is -3.68. The lowest BCUT2D eigenvalue weighted by atomic mass is 10.2. The minimum Gasteiger partial charge on any atom is -0.493 e. The predicted molar refractivity (Wildman–Crippen MR) is 106 cm³/mol. The lowest BCUT2D eigenvalue weighted by Gasteiger charge is -2.13. The molecule has 1 aromatic heterocycles. The Morgan fingerprint density at radius 3 is 2.68 bits per heavy atom. The highest BCUT2D eigenvalue weighted by molar-refractivity contribution is 5.85. The number of carbonyl (C=O) groups excluding carboxylic acids is 1. The summed E-state index contributed by atoms with van der Waals surface area (Å²) in [7, 11) is 3.09. The van der Waals surface area contributed by atoms with Crippen LogP contribution < -0.4 is 20.5 Å².